The number of hydrogen-bond donors (Lipinski definition) is 0. The number of aryl methyl sites for hydroxylation is 1. The molecule has 0 amide bonds. The lowest BCUT2D eigenvalue weighted by Gasteiger charge is -2.18. The second-order valence-corrected chi connectivity index (χ2v) is 4.87. The summed E-state index contributed by atoms with van der Waals surface area (Å²) in [5.74, 6) is -6.79. The molecule has 0 aliphatic heterocycles. The summed E-state index contributed by atoms with van der Waals surface area (Å²) in [6, 6.07) is 4.57. The monoisotopic (exact) mass is 324 g/mol. The molecule has 1 aromatic heterocycles. The molecule has 0 atom stereocenters. The fourth-order valence-corrected chi connectivity index (χ4v) is 2.08. The highest BCUT2D eigenvalue weighted by molar-refractivity contribution is 6.34. The minimum absolute atomic E-state index is 0.0474. The molecule has 0 spiro atoms. The molecule has 0 aliphatic carbocycles. The van der Waals surface area contributed by atoms with Crippen LogP contribution in [-0.2, 0) is 12.3 Å². The molecule has 0 aliphatic rings. The van der Waals surface area contributed by atoms with Gasteiger partial charge in [0.2, 0.25) is 5.82 Å². The van der Waals surface area contributed by atoms with Gasteiger partial charge in [-0.05, 0) is 24.1 Å². The molecule has 2 aromatic rings. The van der Waals surface area contributed by atoms with E-state index in [0.29, 0.717) is 0 Å². The smallest absolute Gasteiger partial charge is 0.227 e. The molecule has 21 heavy (non-hydrogen) atoms. The van der Waals surface area contributed by atoms with Gasteiger partial charge in [-0.2, -0.15) is 22.0 Å². The van der Waals surface area contributed by atoms with Crippen molar-refractivity contribution in [3.63, 3.8) is 0 Å². The quantitative estimate of drug-likeness (QED) is 0.593. The van der Waals surface area contributed by atoms with Crippen LogP contribution in [0.2, 0.25) is 5.15 Å². The Morgan fingerprint density at radius 2 is 1.76 bits per heavy atom. The molecule has 0 fully saturated rings. The number of hydrogen-bond acceptors (Lipinski definition) is 2. The lowest BCUT2D eigenvalue weighted by atomic mass is 10.1. The highest BCUT2D eigenvalue weighted by Gasteiger charge is 2.61. The van der Waals surface area contributed by atoms with Crippen LogP contribution in [0.25, 0.3) is 10.9 Å². The SMILES string of the molecule is CCCc1ccc2nc(C(F)(F)C(F)(F)F)nc(Cl)c2c1. The van der Waals surface area contributed by atoms with E-state index in [-0.39, 0.29) is 10.9 Å². The standard InChI is InChI=1S/C13H10ClF5N2/c1-2-3-7-4-5-9-8(6-7)10(14)21-11(20-9)12(15,16)13(17,18)19/h4-6H,2-3H2,1H3. The summed E-state index contributed by atoms with van der Waals surface area (Å²) in [5.41, 5.74) is 0.833. The van der Waals surface area contributed by atoms with Crippen molar-refractivity contribution in [2.75, 3.05) is 0 Å². The molecule has 0 saturated heterocycles. The number of rotatable bonds is 3. The molecular weight excluding hydrogens is 315 g/mol. The molecule has 2 rings (SSSR count). The molecule has 1 heterocycles. The normalized spacial score (nSPS) is 12.9. The lowest BCUT2D eigenvalue weighted by molar-refractivity contribution is -0.292. The molecule has 0 N–H and O–H groups in total. The van der Waals surface area contributed by atoms with Crippen molar-refractivity contribution in [1.82, 2.24) is 9.97 Å². The third-order valence-corrected chi connectivity index (χ3v) is 3.18. The third kappa shape index (κ3) is 2.92. The van der Waals surface area contributed by atoms with Crippen molar-refractivity contribution < 1.29 is 22.0 Å². The summed E-state index contributed by atoms with van der Waals surface area (Å²) in [6.45, 7) is 1.95. The first-order chi connectivity index (χ1) is 9.66. The molecule has 0 bridgehead atoms. The van der Waals surface area contributed by atoms with Crippen LogP contribution in [0.5, 0.6) is 0 Å². The number of fused-ring (bicyclic) bond motifs is 1. The Morgan fingerprint density at radius 1 is 1.10 bits per heavy atom. The van der Waals surface area contributed by atoms with Crippen molar-refractivity contribution in [3.05, 3.63) is 34.7 Å². The van der Waals surface area contributed by atoms with Crippen molar-refractivity contribution >= 4 is 22.5 Å². The molecular formula is C13H10ClF5N2. The summed E-state index contributed by atoms with van der Waals surface area (Å²) in [7, 11) is 0. The van der Waals surface area contributed by atoms with Gasteiger partial charge in [0.05, 0.1) is 5.52 Å². The van der Waals surface area contributed by atoms with Gasteiger partial charge in [0, 0.05) is 5.39 Å². The second-order valence-electron chi connectivity index (χ2n) is 4.51. The molecule has 0 radical (unpaired) electrons. The second kappa shape index (κ2) is 5.36. The van der Waals surface area contributed by atoms with Crippen molar-refractivity contribution in [1.29, 1.82) is 0 Å². The Balaban J connectivity index is 2.59. The van der Waals surface area contributed by atoms with Crippen LogP contribution < -0.4 is 0 Å². The summed E-state index contributed by atoms with van der Waals surface area (Å²) in [6.07, 6.45) is -4.19. The number of alkyl halides is 5. The Labute approximate surface area is 122 Å². The first-order valence-corrected chi connectivity index (χ1v) is 6.45. The molecule has 0 saturated carbocycles. The maximum Gasteiger partial charge on any atom is 0.461 e. The van der Waals surface area contributed by atoms with Gasteiger partial charge in [0.1, 0.15) is 5.15 Å². The summed E-state index contributed by atoms with van der Waals surface area (Å²) >= 11 is 5.74. The third-order valence-electron chi connectivity index (χ3n) is 2.89. The van der Waals surface area contributed by atoms with Gasteiger partial charge in [-0.25, -0.2) is 9.97 Å². The molecule has 1 aromatic carbocycles. The number of nitrogens with zero attached hydrogens (tertiary/aromatic N) is 2. The maximum absolute atomic E-state index is 13.3. The van der Waals surface area contributed by atoms with Crippen LogP contribution in [0.1, 0.15) is 24.7 Å². The summed E-state index contributed by atoms with van der Waals surface area (Å²) in [5, 5.41) is -0.166. The number of aromatic nitrogens is 2. The average molecular weight is 325 g/mol. The largest absolute Gasteiger partial charge is 0.461 e. The Bertz CT molecular complexity index is 669. The van der Waals surface area contributed by atoms with E-state index < -0.39 is 23.1 Å². The van der Waals surface area contributed by atoms with E-state index in [1.165, 1.54) is 6.07 Å². The van der Waals surface area contributed by atoms with Gasteiger partial charge < -0.3 is 0 Å². The van der Waals surface area contributed by atoms with Gasteiger partial charge in [0.15, 0.2) is 0 Å². The maximum atomic E-state index is 13.3. The van der Waals surface area contributed by atoms with E-state index in [1.54, 1.807) is 12.1 Å². The predicted octanol–water partition coefficient (Wildman–Crippen LogP) is 4.89. The molecule has 8 heteroatoms. The van der Waals surface area contributed by atoms with Crippen LogP contribution in [0.4, 0.5) is 22.0 Å². The van der Waals surface area contributed by atoms with E-state index in [2.05, 4.69) is 9.97 Å². The minimum atomic E-state index is -5.77. The van der Waals surface area contributed by atoms with E-state index >= 15 is 0 Å². The van der Waals surface area contributed by atoms with Crippen molar-refractivity contribution in [3.8, 4) is 0 Å². The zero-order valence-corrected chi connectivity index (χ0v) is 11.6. The highest BCUT2D eigenvalue weighted by atomic mass is 35.5. The topological polar surface area (TPSA) is 25.8 Å². The van der Waals surface area contributed by atoms with Crippen LogP contribution in [0.3, 0.4) is 0 Å². The number of halogens is 6. The fourth-order valence-electron chi connectivity index (χ4n) is 1.85. The Kier molecular flexibility index (Phi) is 4.06. The van der Waals surface area contributed by atoms with Crippen LogP contribution >= 0.6 is 11.6 Å². The van der Waals surface area contributed by atoms with Crippen molar-refractivity contribution in [2.24, 2.45) is 0 Å². The molecule has 114 valence electrons. The van der Waals surface area contributed by atoms with E-state index in [9.17, 15) is 22.0 Å². The first-order valence-electron chi connectivity index (χ1n) is 6.08. The average Bonchev–Trinajstić information content (AvgIpc) is 2.38. The van der Waals surface area contributed by atoms with Gasteiger partial charge in [-0.3, -0.25) is 0 Å². The van der Waals surface area contributed by atoms with Crippen LogP contribution in [-0.4, -0.2) is 16.1 Å². The predicted molar refractivity (Wildman–Crippen MR) is 68.5 cm³/mol. The van der Waals surface area contributed by atoms with Gasteiger partial charge >= 0.3 is 12.1 Å². The van der Waals surface area contributed by atoms with Gasteiger partial charge in [-0.1, -0.05) is 31.0 Å². The zero-order valence-electron chi connectivity index (χ0n) is 10.8. The summed E-state index contributed by atoms with van der Waals surface area (Å²) < 4.78 is 63.6. The fraction of sp³-hybridized carbons (Fsp3) is 0.385. The van der Waals surface area contributed by atoms with Gasteiger partial charge in [-0.15, -0.1) is 0 Å². The van der Waals surface area contributed by atoms with E-state index in [1.807, 2.05) is 6.92 Å². The number of benzene rings is 1. The molecule has 0 unspecified atom stereocenters. The van der Waals surface area contributed by atoms with E-state index in [4.69, 9.17) is 11.6 Å². The van der Waals surface area contributed by atoms with Gasteiger partial charge in [0.25, 0.3) is 0 Å². The van der Waals surface area contributed by atoms with Crippen LogP contribution in [0, 0.1) is 0 Å². The van der Waals surface area contributed by atoms with Crippen LogP contribution in [0.15, 0.2) is 18.2 Å². The zero-order chi connectivity index (χ0) is 15.8. The van der Waals surface area contributed by atoms with Crippen molar-refractivity contribution in [2.45, 2.75) is 31.9 Å². The first kappa shape index (κ1) is 15.9. The summed E-state index contributed by atoms with van der Waals surface area (Å²) in [4.78, 5) is 6.43. The lowest BCUT2D eigenvalue weighted by Crippen LogP contribution is -2.35. The Hall–Kier alpha value is -1.50. The highest BCUT2D eigenvalue weighted by Crippen LogP contribution is 2.43. The van der Waals surface area contributed by atoms with E-state index in [0.717, 1.165) is 18.4 Å². The molecule has 2 nitrogen and oxygen atoms in total. The minimum Gasteiger partial charge on any atom is -0.227 e. The Morgan fingerprint density at radius 3 is 2.33 bits per heavy atom.